The van der Waals surface area contributed by atoms with Crippen molar-refractivity contribution in [2.24, 2.45) is 5.92 Å². The molecule has 0 saturated heterocycles. The quantitative estimate of drug-likeness (QED) is 0.909. The highest BCUT2D eigenvalue weighted by Gasteiger charge is 2.18. The third kappa shape index (κ3) is 2.54. The zero-order valence-electron chi connectivity index (χ0n) is 13.2. The van der Waals surface area contributed by atoms with Crippen molar-refractivity contribution < 1.29 is 4.79 Å². The summed E-state index contributed by atoms with van der Waals surface area (Å²) in [6.45, 7) is 4.05. The first-order valence-electron chi connectivity index (χ1n) is 8.12. The molecule has 0 unspecified atom stereocenters. The molecule has 1 amide bonds. The minimum absolute atomic E-state index is 0.0171. The number of carbonyl (C=O) groups excluding carboxylic acids is 1. The number of H-pyrrole nitrogens is 1. The van der Waals surface area contributed by atoms with Gasteiger partial charge in [-0.2, -0.15) is 0 Å². The normalized spacial score (nSPS) is 13.6. The zero-order chi connectivity index (χ0) is 15.7. The van der Waals surface area contributed by atoms with Gasteiger partial charge in [0.15, 0.2) is 0 Å². The van der Waals surface area contributed by atoms with Crippen molar-refractivity contribution in [3.63, 3.8) is 0 Å². The van der Waals surface area contributed by atoms with Crippen molar-refractivity contribution in [1.82, 2.24) is 4.98 Å². The summed E-state index contributed by atoms with van der Waals surface area (Å²) in [6.07, 6.45) is 4.55. The van der Waals surface area contributed by atoms with Crippen LogP contribution in [0.15, 0.2) is 23.0 Å². The lowest BCUT2D eigenvalue weighted by Crippen LogP contribution is -2.21. The molecule has 1 aromatic carbocycles. The molecular formula is C18H22N2O2. The Kier molecular flexibility index (Phi) is 4.01. The van der Waals surface area contributed by atoms with Gasteiger partial charge in [-0.05, 0) is 49.8 Å². The summed E-state index contributed by atoms with van der Waals surface area (Å²) >= 11 is 0. The van der Waals surface area contributed by atoms with Crippen LogP contribution in [0.5, 0.6) is 0 Å². The number of hydrogen-bond acceptors (Lipinski definition) is 2. The van der Waals surface area contributed by atoms with Crippen molar-refractivity contribution in [3.05, 3.63) is 39.7 Å². The first-order chi connectivity index (χ1) is 10.6. The van der Waals surface area contributed by atoms with Gasteiger partial charge in [-0.25, -0.2) is 0 Å². The summed E-state index contributed by atoms with van der Waals surface area (Å²) < 4.78 is 0. The second-order valence-corrected chi connectivity index (χ2v) is 6.03. The van der Waals surface area contributed by atoms with Crippen molar-refractivity contribution in [1.29, 1.82) is 0 Å². The monoisotopic (exact) mass is 298 g/mol. The van der Waals surface area contributed by atoms with E-state index in [1.807, 2.05) is 32.0 Å². The number of carbonyl (C=O) groups is 1. The number of aromatic amines is 1. The van der Waals surface area contributed by atoms with Crippen molar-refractivity contribution in [2.45, 2.75) is 46.0 Å². The maximum absolute atomic E-state index is 12.2. The van der Waals surface area contributed by atoms with E-state index in [2.05, 4.69) is 10.3 Å². The molecule has 4 heteroatoms. The van der Waals surface area contributed by atoms with Crippen LogP contribution >= 0.6 is 0 Å². The van der Waals surface area contributed by atoms with Gasteiger partial charge in [0.2, 0.25) is 5.91 Å². The Balaban J connectivity index is 1.96. The lowest BCUT2D eigenvalue weighted by molar-refractivity contribution is -0.120. The predicted molar refractivity (Wildman–Crippen MR) is 89.3 cm³/mol. The number of rotatable bonds is 4. The number of benzene rings is 1. The van der Waals surface area contributed by atoms with Gasteiger partial charge in [-0.15, -0.1) is 0 Å². The lowest BCUT2D eigenvalue weighted by atomic mass is 10.0. The molecule has 1 aliphatic rings. The Labute approximate surface area is 129 Å². The van der Waals surface area contributed by atoms with Gasteiger partial charge in [0, 0.05) is 22.6 Å². The summed E-state index contributed by atoms with van der Waals surface area (Å²) in [5.41, 5.74) is 3.69. The second kappa shape index (κ2) is 5.95. The van der Waals surface area contributed by atoms with Crippen LogP contribution in [0.2, 0.25) is 0 Å². The number of anilines is 1. The van der Waals surface area contributed by atoms with E-state index in [1.54, 1.807) is 0 Å². The van der Waals surface area contributed by atoms with Gasteiger partial charge in [-0.3, -0.25) is 9.59 Å². The molecule has 116 valence electrons. The smallest absolute Gasteiger partial charge is 0.251 e. The van der Waals surface area contributed by atoms with E-state index in [-0.39, 0.29) is 17.4 Å². The highest BCUT2D eigenvalue weighted by Crippen LogP contribution is 2.28. The maximum Gasteiger partial charge on any atom is 0.251 e. The third-order valence-corrected chi connectivity index (χ3v) is 4.71. The van der Waals surface area contributed by atoms with Gasteiger partial charge >= 0.3 is 0 Å². The molecule has 0 bridgehead atoms. The van der Waals surface area contributed by atoms with E-state index in [1.165, 1.54) is 5.56 Å². The highest BCUT2D eigenvalue weighted by molar-refractivity contribution is 5.95. The first-order valence-corrected chi connectivity index (χ1v) is 8.12. The first kappa shape index (κ1) is 14.8. The summed E-state index contributed by atoms with van der Waals surface area (Å²) in [6, 6.07) is 5.81. The number of amides is 1. The molecule has 1 aromatic heterocycles. The average Bonchev–Trinajstić information content (AvgIpc) is 2.98. The fourth-order valence-corrected chi connectivity index (χ4v) is 3.38. The summed E-state index contributed by atoms with van der Waals surface area (Å²) in [5, 5.41) is 4.07. The number of hydrogen-bond donors (Lipinski definition) is 2. The Morgan fingerprint density at radius 2 is 1.95 bits per heavy atom. The van der Waals surface area contributed by atoms with Gasteiger partial charge in [0.1, 0.15) is 0 Å². The van der Waals surface area contributed by atoms with Gasteiger partial charge in [-0.1, -0.05) is 19.9 Å². The number of aromatic nitrogens is 1. The van der Waals surface area contributed by atoms with Crippen molar-refractivity contribution in [2.75, 3.05) is 5.32 Å². The van der Waals surface area contributed by atoms with Crippen LogP contribution in [0.3, 0.4) is 0 Å². The molecule has 22 heavy (non-hydrogen) atoms. The third-order valence-electron chi connectivity index (χ3n) is 4.71. The molecule has 2 aromatic rings. The fourth-order valence-electron chi connectivity index (χ4n) is 3.38. The molecule has 0 aliphatic heterocycles. The summed E-state index contributed by atoms with van der Waals surface area (Å²) in [7, 11) is 0. The van der Waals surface area contributed by atoms with Crippen LogP contribution in [-0.4, -0.2) is 10.9 Å². The summed E-state index contributed by atoms with van der Waals surface area (Å²) in [4.78, 5) is 27.3. The second-order valence-electron chi connectivity index (χ2n) is 6.03. The minimum atomic E-state index is 0.0171. The molecule has 4 nitrogen and oxygen atoms in total. The molecule has 0 saturated carbocycles. The zero-order valence-corrected chi connectivity index (χ0v) is 13.2. The average molecular weight is 298 g/mol. The lowest BCUT2D eigenvalue weighted by Gasteiger charge is -2.13. The Bertz CT molecular complexity index is 772. The molecule has 3 rings (SSSR count). The molecule has 1 heterocycles. The molecule has 2 N–H and O–H groups in total. The predicted octanol–water partition coefficient (Wildman–Crippen LogP) is 3.39. The van der Waals surface area contributed by atoms with Crippen LogP contribution in [0.1, 0.15) is 44.2 Å². The molecular weight excluding hydrogens is 276 g/mol. The molecule has 0 fully saturated rings. The van der Waals surface area contributed by atoms with E-state index in [4.69, 9.17) is 0 Å². The van der Waals surface area contributed by atoms with Crippen molar-refractivity contribution >= 4 is 22.5 Å². The van der Waals surface area contributed by atoms with E-state index < -0.39 is 0 Å². The topological polar surface area (TPSA) is 62.0 Å². The number of nitrogens with one attached hydrogen (secondary N) is 2. The molecule has 1 aliphatic carbocycles. The molecule has 0 radical (unpaired) electrons. The van der Waals surface area contributed by atoms with Gasteiger partial charge in [0.25, 0.3) is 5.56 Å². The Morgan fingerprint density at radius 1 is 1.23 bits per heavy atom. The number of fused-ring (bicyclic) bond motifs is 3. The van der Waals surface area contributed by atoms with Gasteiger partial charge < -0.3 is 10.3 Å². The highest BCUT2D eigenvalue weighted by atomic mass is 16.2. The van der Waals surface area contributed by atoms with E-state index in [0.717, 1.165) is 54.3 Å². The maximum atomic E-state index is 12.2. The van der Waals surface area contributed by atoms with Crippen molar-refractivity contribution in [3.8, 4) is 0 Å². The fraction of sp³-hybridized carbons (Fsp3) is 0.444. The Hall–Kier alpha value is -2.10. The summed E-state index contributed by atoms with van der Waals surface area (Å²) in [5.74, 6) is 0.0858. The van der Waals surface area contributed by atoms with Crippen LogP contribution in [0, 0.1) is 5.92 Å². The van der Waals surface area contributed by atoms with E-state index in [9.17, 15) is 9.59 Å². The Morgan fingerprint density at radius 3 is 2.68 bits per heavy atom. The molecule has 0 spiro atoms. The standard InChI is InChI=1S/C18H22N2O2/c1-3-11(4-2)17(21)19-12-8-9-14-13-6-5-7-15(13)18(22)20-16(14)10-12/h8-11H,3-7H2,1-2H3,(H,19,21)(H,20,22). The largest absolute Gasteiger partial charge is 0.326 e. The molecule has 0 atom stereocenters. The van der Waals surface area contributed by atoms with Crippen LogP contribution in [0.25, 0.3) is 10.9 Å². The van der Waals surface area contributed by atoms with Crippen LogP contribution in [-0.2, 0) is 17.6 Å². The number of aryl methyl sites for hydroxylation is 1. The SMILES string of the molecule is CCC(CC)C(=O)Nc1ccc2c3c(c(=O)[nH]c2c1)CCC3. The van der Waals surface area contributed by atoms with Gasteiger partial charge in [0.05, 0.1) is 5.52 Å². The van der Waals surface area contributed by atoms with E-state index in [0.29, 0.717) is 0 Å². The number of pyridine rings is 1. The van der Waals surface area contributed by atoms with Crippen LogP contribution in [0.4, 0.5) is 5.69 Å². The van der Waals surface area contributed by atoms with Crippen LogP contribution < -0.4 is 10.9 Å². The van der Waals surface area contributed by atoms with E-state index >= 15 is 0 Å². The minimum Gasteiger partial charge on any atom is -0.326 e.